The van der Waals surface area contributed by atoms with Crippen molar-refractivity contribution in [1.29, 1.82) is 0 Å². The summed E-state index contributed by atoms with van der Waals surface area (Å²) >= 11 is 0. The Balaban J connectivity index is 2.25. The molecular weight excluding hydrogens is 272 g/mol. The Kier molecular flexibility index (Phi) is 3.51. The van der Waals surface area contributed by atoms with E-state index in [2.05, 4.69) is 0 Å². The Morgan fingerprint density at radius 1 is 0.636 bits per heavy atom. The predicted molar refractivity (Wildman–Crippen MR) is 89.7 cm³/mol. The molecule has 2 N–H and O–H groups in total. The molecule has 3 rings (SSSR count). The van der Waals surface area contributed by atoms with Crippen molar-refractivity contribution in [3.05, 3.63) is 83.9 Å². The van der Waals surface area contributed by atoms with E-state index in [0.29, 0.717) is 11.1 Å². The van der Waals surface area contributed by atoms with E-state index in [1.807, 2.05) is 72.8 Å². The zero-order valence-electron chi connectivity index (χ0n) is 12.8. The number of aliphatic hydroxyl groups is 2. The van der Waals surface area contributed by atoms with Crippen LogP contribution in [0.5, 0.6) is 0 Å². The van der Waals surface area contributed by atoms with E-state index >= 15 is 0 Å². The molecule has 22 heavy (non-hydrogen) atoms. The van der Waals surface area contributed by atoms with Crippen molar-refractivity contribution in [2.24, 2.45) is 0 Å². The van der Waals surface area contributed by atoms with E-state index in [9.17, 15) is 10.2 Å². The normalized spacial score (nSPS) is 14.7. The molecule has 112 valence electrons. The van der Waals surface area contributed by atoms with Gasteiger partial charge in [0.25, 0.3) is 0 Å². The molecule has 0 amide bonds. The van der Waals surface area contributed by atoms with Crippen LogP contribution in [0.15, 0.2) is 72.8 Å². The summed E-state index contributed by atoms with van der Waals surface area (Å²) < 4.78 is 0. The van der Waals surface area contributed by atoms with E-state index in [4.69, 9.17) is 0 Å². The van der Waals surface area contributed by atoms with Gasteiger partial charge in [-0.1, -0.05) is 66.7 Å². The van der Waals surface area contributed by atoms with Crippen LogP contribution in [0.2, 0.25) is 0 Å². The summed E-state index contributed by atoms with van der Waals surface area (Å²) in [5.41, 5.74) is -1.43. The van der Waals surface area contributed by atoms with Gasteiger partial charge in [0.15, 0.2) is 0 Å². The fourth-order valence-electron chi connectivity index (χ4n) is 2.97. The monoisotopic (exact) mass is 292 g/mol. The van der Waals surface area contributed by atoms with E-state index in [1.165, 1.54) is 0 Å². The molecule has 2 nitrogen and oxygen atoms in total. The van der Waals surface area contributed by atoms with Crippen molar-refractivity contribution in [2.75, 3.05) is 0 Å². The highest BCUT2D eigenvalue weighted by Crippen LogP contribution is 2.40. The van der Waals surface area contributed by atoms with Gasteiger partial charge in [0.2, 0.25) is 0 Å². The first-order valence-corrected chi connectivity index (χ1v) is 7.42. The first-order chi connectivity index (χ1) is 10.4. The Morgan fingerprint density at radius 2 is 1.23 bits per heavy atom. The smallest absolute Gasteiger partial charge is 0.143 e. The maximum atomic E-state index is 11.4. The van der Waals surface area contributed by atoms with Gasteiger partial charge in [-0.05, 0) is 41.8 Å². The van der Waals surface area contributed by atoms with E-state index in [0.717, 1.165) is 10.8 Å². The van der Waals surface area contributed by atoms with Crippen molar-refractivity contribution in [1.82, 2.24) is 0 Å². The summed E-state index contributed by atoms with van der Waals surface area (Å²) in [7, 11) is 0. The summed E-state index contributed by atoms with van der Waals surface area (Å²) in [6.45, 7) is 3.27. The summed E-state index contributed by atoms with van der Waals surface area (Å²) in [6.07, 6.45) is 0. The van der Waals surface area contributed by atoms with Crippen molar-refractivity contribution >= 4 is 10.8 Å². The average molecular weight is 292 g/mol. The third-order valence-electron chi connectivity index (χ3n) is 4.24. The second-order valence-electron chi connectivity index (χ2n) is 6.20. The highest BCUT2D eigenvalue weighted by Gasteiger charge is 2.45. The number of hydrogen-bond acceptors (Lipinski definition) is 2. The van der Waals surface area contributed by atoms with E-state index < -0.39 is 11.2 Å². The minimum atomic E-state index is -1.47. The maximum Gasteiger partial charge on any atom is 0.143 e. The minimum absolute atomic E-state index is 0.679. The molecule has 0 aromatic heterocycles. The lowest BCUT2D eigenvalue weighted by Crippen LogP contribution is -2.48. The molecule has 1 atom stereocenters. The molecule has 0 spiro atoms. The van der Waals surface area contributed by atoms with Crippen LogP contribution >= 0.6 is 0 Å². The first-order valence-electron chi connectivity index (χ1n) is 7.42. The van der Waals surface area contributed by atoms with Gasteiger partial charge in [-0.3, -0.25) is 0 Å². The van der Waals surface area contributed by atoms with Crippen LogP contribution in [0.25, 0.3) is 10.8 Å². The third kappa shape index (κ3) is 2.31. The van der Waals surface area contributed by atoms with Crippen LogP contribution in [-0.4, -0.2) is 15.8 Å². The number of hydrogen-bond donors (Lipinski definition) is 2. The van der Waals surface area contributed by atoms with E-state index in [1.54, 1.807) is 13.8 Å². The predicted octanol–water partition coefficient (Wildman–Crippen LogP) is 3.85. The third-order valence-corrected chi connectivity index (χ3v) is 4.24. The Hall–Kier alpha value is -2.16. The van der Waals surface area contributed by atoms with Gasteiger partial charge in [-0.15, -0.1) is 0 Å². The highest BCUT2D eigenvalue weighted by molar-refractivity contribution is 5.83. The number of fused-ring (bicyclic) bond motifs is 1. The average Bonchev–Trinajstić information content (AvgIpc) is 2.53. The second-order valence-corrected chi connectivity index (χ2v) is 6.20. The quantitative estimate of drug-likeness (QED) is 0.770. The molecule has 2 heteroatoms. The SMILES string of the molecule is CC(C)(O)C(O)(c1ccccc1)c1ccc2ccccc2c1. The molecule has 0 bridgehead atoms. The number of benzene rings is 3. The molecule has 0 radical (unpaired) electrons. The lowest BCUT2D eigenvalue weighted by molar-refractivity contribution is -0.110. The molecule has 3 aromatic rings. The zero-order chi connectivity index (χ0) is 15.8. The van der Waals surface area contributed by atoms with Gasteiger partial charge in [-0.2, -0.15) is 0 Å². The van der Waals surface area contributed by atoms with Gasteiger partial charge in [0.05, 0.1) is 5.60 Å². The molecule has 0 saturated heterocycles. The zero-order valence-corrected chi connectivity index (χ0v) is 12.8. The van der Waals surface area contributed by atoms with Gasteiger partial charge in [-0.25, -0.2) is 0 Å². The second kappa shape index (κ2) is 5.24. The summed E-state index contributed by atoms with van der Waals surface area (Å²) in [6, 6.07) is 23.1. The lowest BCUT2D eigenvalue weighted by atomic mass is 9.74. The number of rotatable bonds is 3. The molecule has 0 heterocycles. The van der Waals surface area contributed by atoms with Crippen molar-refractivity contribution < 1.29 is 10.2 Å². The van der Waals surface area contributed by atoms with Crippen LogP contribution in [0.1, 0.15) is 25.0 Å². The van der Waals surface area contributed by atoms with Gasteiger partial charge < -0.3 is 10.2 Å². The molecular formula is C20H20O2. The molecule has 0 saturated carbocycles. The largest absolute Gasteiger partial charge is 0.387 e. The fraction of sp³-hybridized carbons (Fsp3) is 0.200. The van der Waals surface area contributed by atoms with Crippen molar-refractivity contribution in [3.8, 4) is 0 Å². The Bertz CT molecular complexity index is 787. The van der Waals surface area contributed by atoms with Crippen molar-refractivity contribution in [2.45, 2.75) is 25.0 Å². The van der Waals surface area contributed by atoms with Crippen LogP contribution in [0.4, 0.5) is 0 Å². The van der Waals surface area contributed by atoms with Gasteiger partial charge >= 0.3 is 0 Å². The van der Waals surface area contributed by atoms with E-state index in [-0.39, 0.29) is 0 Å². The summed E-state index contributed by atoms with van der Waals surface area (Å²) in [4.78, 5) is 0. The molecule has 0 aliphatic heterocycles. The van der Waals surface area contributed by atoms with Crippen LogP contribution in [0, 0.1) is 0 Å². The molecule has 0 fully saturated rings. The standard InChI is InChI=1S/C20H20O2/c1-19(2,21)20(22,17-10-4-3-5-11-17)18-13-12-15-8-6-7-9-16(15)14-18/h3-14,21-22H,1-2H3. The van der Waals surface area contributed by atoms with Crippen LogP contribution in [-0.2, 0) is 5.60 Å². The topological polar surface area (TPSA) is 40.5 Å². The highest BCUT2D eigenvalue weighted by atomic mass is 16.4. The minimum Gasteiger partial charge on any atom is -0.387 e. The fourth-order valence-corrected chi connectivity index (χ4v) is 2.97. The van der Waals surface area contributed by atoms with Crippen molar-refractivity contribution in [3.63, 3.8) is 0 Å². The Morgan fingerprint density at radius 3 is 1.86 bits per heavy atom. The van der Waals surface area contributed by atoms with Crippen LogP contribution in [0.3, 0.4) is 0 Å². The Labute approximate surface area is 130 Å². The van der Waals surface area contributed by atoms with Gasteiger partial charge in [0.1, 0.15) is 5.60 Å². The van der Waals surface area contributed by atoms with Gasteiger partial charge in [0, 0.05) is 0 Å². The lowest BCUT2D eigenvalue weighted by Gasteiger charge is -2.40. The summed E-state index contributed by atoms with van der Waals surface area (Å²) in [5.74, 6) is 0. The van der Waals surface area contributed by atoms with Crippen LogP contribution < -0.4 is 0 Å². The first kappa shape index (κ1) is 14.8. The molecule has 0 aliphatic rings. The molecule has 0 aliphatic carbocycles. The maximum absolute atomic E-state index is 11.4. The molecule has 1 unspecified atom stereocenters. The molecule has 3 aromatic carbocycles. The summed E-state index contributed by atoms with van der Waals surface area (Å²) in [5, 5.41) is 24.2.